The van der Waals surface area contributed by atoms with Gasteiger partial charge < -0.3 is 14.4 Å². The number of sulfone groups is 1. The number of hydrogen-bond acceptors (Lipinski definition) is 6. The van der Waals surface area contributed by atoms with E-state index in [-0.39, 0.29) is 17.0 Å². The van der Waals surface area contributed by atoms with Gasteiger partial charge in [0.05, 0.1) is 7.11 Å². The third kappa shape index (κ3) is 2.87. The molecule has 1 aromatic carbocycles. The first kappa shape index (κ1) is 15.0. The van der Waals surface area contributed by atoms with Crippen LogP contribution in [-0.2, 0) is 9.84 Å². The van der Waals surface area contributed by atoms with Crippen LogP contribution in [-0.4, -0.2) is 38.0 Å². The van der Waals surface area contributed by atoms with E-state index in [9.17, 15) is 17.6 Å². The van der Waals surface area contributed by atoms with E-state index in [0.29, 0.717) is 0 Å². The number of aromatic nitrogens is 1. The summed E-state index contributed by atoms with van der Waals surface area (Å²) in [7, 11) is -2.50. The number of nitrogens with zero attached hydrogens (tertiary/aromatic N) is 1. The minimum absolute atomic E-state index is 0.0169. The topological polar surface area (TPSA) is 107 Å². The predicted octanol–water partition coefficient (Wildman–Crippen LogP) is 1.59. The number of methoxy groups -OCH3 is 1. The van der Waals surface area contributed by atoms with Gasteiger partial charge in [0.1, 0.15) is 22.2 Å². The lowest BCUT2D eigenvalue weighted by Gasteiger charge is -2.09. The summed E-state index contributed by atoms with van der Waals surface area (Å²) >= 11 is 0. The molecule has 1 N–H and O–H groups in total. The Balaban J connectivity index is 2.63. The number of benzene rings is 1. The molecule has 112 valence electrons. The molecule has 0 unspecified atom stereocenters. The van der Waals surface area contributed by atoms with Gasteiger partial charge in [-0.15, -0.1) is 0 Å². The highest BCUT2D eigenvalue weighted by molar-refractivity contribution is 7.90. The molecule has 0 atom stereocenters. The van der Waals surface area contributed by atoms with Crippen LogP contribution in [0.15, 0.2) is 27.6 Å². The monoisotopic (exact) mass is 315 g/mol. The molecule has 2 rings (SSSR count). The van der Waals surface area contributed by atoms with E-state index in [4.69, 9.17) is 9.84 Å². The van der Waals surface area contributed by atoms with Gasteiger partial charge >= 0.3 is 5.97 Å². The van der Waals surface area contributed by atoms with Gasteiger partial charge in [-0.1, -0.05) is 5.16 Å². The predicted molar refractivity (Wildman–Crippen MR) is 68.5 cm³/mol. The Morgan fingerprint density at radius 3 is 2.52 bits per heavy atom. The van der Waals surface area contributed by atoms with Crippen molar-refractivity contribution < 1.29 is 32.0 Å². The maximum atomic E-state index is 13.9. The lowest BCUT2D eigenvalue weighted by atomic mass is 10.1. The van der Waals surface area contributed by atoms with E-state index in [1.54, 1.807) is 0 Å². The van der Waals surface area contributed by atoms with Crippen LogP contribution in [0, 0.1) is 5.82 Å². The van der Waals surface area contributed by atoms with Gasteiger partial charge in [-0.2, -0.15) is 0 Å². The molecule has 0 saturated carbocycles. The number of carboxylic acid groups (broad SMARTS) is 1. The summed E-state index contributed by atoms with van der Waals surface area (Å²) in [6.45, 7) is 0. The molecule has 1 heterocycles. The summed E-state index contributed by atoms with van der Waals surface area (Å²) in [5, 5.41) is 12.3. The Kier molecular flexibility index (Phi) is 3.69. The largest absolute Gasteiger partial charge is 0.496 e. The highest BCUT2D eigenvalue weighted by Crippen LogP contribution is 2.33. The van der Waals surface area contributed by atoms with Crippen molar-refractivity contribution >= 4 is 15.8 Å². The standard InChI is InChI=1S/C12H10FNO6S/c1-19-9-5-11(21(2,17)18)7(13)3-6(9)8-4-10(12(15)16)20-14-8/h3-5H,1-2H3,(H,15,16). The molecular weight excluding hydrogens is 305 g/mol. The molecule has 0 aliphatic rings. The molecule has 0 bridgehead atoms. The molecule has 0 aliphatic heterocycles. The molecule has 0 spiro atoms. The summed E-state index contributed by atoms with van der Waals surface area (Å²) in [5.74, 6) is -2.73. The number of halogens is 1. The maximum Gasteiger partial charge on any atom is 0.374 e. The molecule has 0 fully saturated rings. The van der Waals surface area contributed by atoms with Crippen molar-refractivity contribution in [2.45, 2.75) is 4.90 Å². The molecule has 0 amide bonds. The first-order valence-electron chi connectivity index (χ1n) is 5.52. The lowest BCUT2D eigenvalue weighted by Crippen LogP contribution is -2.02. The average Bonchev–Trinajstić information content (AvgIpc) is 2.86. The molecular formula is C12H10FNO6S. The third-order valence-corrected chi connectivity index (χ3v) is 3.76. The first-order valence-corrected chi connectivity index (χ1v) is 7.41. The molecule has 9 heteroatoms. The highest BCUT2D eigenvalue weighted by atomic mass is 32.2. The van der Waals surface area contributed by atoms with E-state index in [2.05, 4.69) is 9.68 Å². The van der Waals surface area contributed by atoms with Gasteiger partial charge in [0, 0.05) is 24.0 Å². The number of hydrogen-bond donors (Lipinski definition) is 1. The summed E-state index contributed by atoms with van der Waals surface area (Å²) in [6, 6.07) is 2.99. The SMILES string of the molecule is COc1cc(S(C)(=O)=O)c(F)cc1-c1cc(C(=O)O)on1. The molecule has 21 heavy (non-hydrogen) atoms. The van der Waals surface area contributed by atoms with Crippen LogP contribution in [0.25, 0.3) is 11.3 Å². The smallest absolute Gasteiger partial charge is 0.374 e. The van der Waals surface area contributed by atoms with Crippen LogP contribution < -0.4 is 4.74 Å². The van der Waals surface area contributed by atoms with Crippen molar-refractivity contribution in [3.8, 4) is 17.0 Å². The fourth-order valence-electron chi connectivity index (χ4n) is 1.69. The number of ether oxygens (including phenoxy) is 1. The van der Waals surface area contributed by atoms with Crippen molar-refractivity contribution in [1.82, 2.24) is 5.16 Å². The minimum Gasteiger partial charge on any atom is -0.496 e. The number of rotatable bonds is 4. The van der Waals surface area contributed by atoms with Crippen molar-refractivity contribution in [2.24, 2.45) is 0 Å². The first-order chi connectivity index (χ1) is 9.74. The quantitative estimate of drug-likeness (QED) is 0.913. The van der Waals surface area contributed by atoms with Crippen LogP contribution in [0.3, 0.4) is 0 Å². The normalized spacial score (nSPS) is 11.4. The highest BCUT2D eigenvalue weighted by Gasteiger charge is 2.21. The zero-order chi connectivity index (χ0) is 15.8. The van der Waals surface area contributed by atoms with Crippen molar-refractivity contribution in [3.05, 3.63) is 29.8 Å². The molecule has 0 aliphatic carbocycles. The third-order valence-electron chi connectivity index (χ3n) is 2.65. The van der Waals surface area contributed by atoms with Crippen LogP contribution in [0.4, 0.5) is 4.39 Å². The lowest BCUT2D eigenvalue weighted by molar-refractivity contribution is 0.0652. The summed E-state index contributed by atoms with van der Waals surface area (Å²) in [5.41, 5.74) is 0.0989. The van der Waals surface area contributed by atoms with Crippen LogP contribution in [0.2, 0.25) is 0 Å². The van der Waals surface area contributed by atoms with E-state index in [0.717, 1.165) is 24.5 Å². The Morgan fingerprint density at radius 2 is 2.05 bits per heavy atom. The number of carboxylic acids is 1. The number of carbonyl (C=O) groups is 1. The van der Waals surface area contributed by atoms with Crippen LogP contribution in [0.1, 0.15) is 10.6 Å². The Hall–Kier alpha value is -2.42. The fourth-order valence-corrected chi connectivity index (χ4v) is 2.43. The Labute approximate surface area is 118 Å². The fraction of sp³-hybridized carbons (Fsp3) is 0.167. The van der Waals surface area contributed by atoms with Crippen molar-refractivity contribution in [3.63, 3.8) is 0 Å². The second-order valence-corrected chi connectivity index (χ2v) is 6.12. The van der Waals surface area contributed by atoms with E-state index in [1.165, 1.54) is 7.11 Å². The molecule has 0 saturated heterocycles. The molecule has 2 aromatic rings. The zero-order valence-electron chi connectivity index (χ0n) is 11.0. The van der Waals surface area contributed by atoms with Crippen LogP contribution >= 0.6 is 0 Å². The second-order valence-electron chi connectivity index (χ2n) is 4.14. The van der Waals surface area contributed by atoms with Crippen molar-refractivity contribution in [2.75, 3.05) is 13.4 Å². The van der Waals surface area contributed by atoms with Gasteiger partial charge in [-0.3, -0.25) is 0 Å². The molecule has 1 aromatic heterocycles. The summed E-state index contributed by atoms with van der Waals surface area (Å²) in [4.78, 5) is 10.2. The second kappa shape index (κ2) is 5.17. The maximum absolute atomic E-state index is 13.9. The molecule has 0 radical (unpaired) electrons. The Bertz CT molecular complexity index is 811. The van der Waals surface area contributed by atoms with Crippen LogP contribution in [0.5, 0.6) is 5.75 Å². The molecule has 7 nitrogen and oxygen atoms in total. The van der Waals surface area contributed by atoms with Gasteiger partial charge in [0.15, 0.2) is 9.84 Å². The van der Waals surface area contributed by atoms with Crippen molar-refractivity contribution in [1.29, 1.82) is 0 Å². The van der Waals surface area contributed by atoms with E-state index < -0.39 is 32.3 Å². The Morgan fingerprint density at radius 1 is 1.38 bits per heavy atom. The zero-order valence-corrected chi connectivity index (χ0v) is 11.8. The van der Waals surface area contributed by atoms with Gasteiger partial charge in [-0.25, -0.2) is 17.6 Å². The van der Waals surface area contributed by atoms with Gasteiger partial charge in [-0.05, 0) is 6.07 Å². The summed E-state index contributed by atoms with van der Waals surface area (Å²) in [6.07, 6.45) is 0.864. The minimum atomic E-state index is -3.77. The van der Waals surface area contributed by atoms with Gasteiger partial charge in [0.25, 0.3) is 0 Å². The van der Waals surface area contributed by atoms with E-state index in [1.807, 2.05) is 0 Å². The summed E-state index contributed by atoms with van der Waals surface area (Å²) < 4.78 is 46.4. The average molecular weight is 315 g/mol. The van der Waals surface area contributed by atoms with Gasteiger partial charge in [0.2, 0.25) is 5.76 Å². The number of aromatic carboxylic acids is 1. The van der Waals surface area contributed by atoms with E-state index >= 15 is 0 Å².